The highest BCUT2D eigenvalue weighted by Gasteiger charge is 2.25. The summed E-state index contributed by atoms with van der Waals surface area (Å²) in [5.41, 5.74) is 3.82. The molecule has 0 spiro atoms. The lowest BCUT2D eigenvalue weighted by Gasteiger charge is -2.22. The number of carbonyl (C=O) groups excluding carboxylic acids is 2. The zero-order chi connectivity index (χ0) is 19.6. The third-order valence-corrected chi connectivity index (χ3v) is 4.50. The molecular formula is C22H23N3O2. The van der Waals surface area contributed by atoms with Crippen LogP contribution in [0.15, 0.2) is 54.6 Å². The molecule has 5 heteroatoms. The lowest BCUT2D eigenvalue weighted by molar-refractivity contribution is -0.130. The van der Waals surface area contributed by atoms with Crippen molar-refractivity contribution in [3.05, 3.63) is 77.0 Å². The zero-order valence-electron chi connectivity index (χ0n) is 16.0. The van der Waals surface area contributed by atoms with E-state index in [-0.39, 0.29) is 11.8 Å². The molecule has 138 valence electrons. The number of nitrogens with zero attached hydrogens (tertiary/aromatic N) is 2. The number of nitrogens with one attached hydrogen (secondary N) is 1. The van der Waals surface area contributed by atoms with Crippen molar-refractivity contribution in [1.29, 1.82) is 0 Å². The molecule has 1 aromatic heterocycles. The lowest BCUT2D eigenvalue weighted by Crippen LogP contribution is -2.40. The van der Waals surface area contributed by atoms with E-state index in [4.69, 9.17) is 0 Å². The van der Waals surface area contributed by atoms with E-state index in [0.29, 0.717) is 11.3 Å². The topological polar surface area (TPSA) is 62.3 Å². The highest BCUT2D eigenvalue weighted by Crippen LogP contribution is 2.20. The predicted octanol–water partition coefficient (Wildman–Crippen LogP) is 3.41. The summed E-state index contributed by atoms with van der Waals surface area (Å²) >= 11 is 0. The summed E-state index contributed by atoms with van der Waals surface area (Å²) in [6, 6.07) is 16.3. The van der Waals surface area contributed by atoms with Crippen LogP contribution in [0.25, 0.3) is 10.9 Å². The van der Waals surface area contributed by atoms with E-state index < -0.39 is 6.04 Å². The standard InChI is InChI=1S/C22H23N3O2/c1-14-10-11-17-13-18(15(2)23-19(17)12-14)21(26)24-20(22(27)25(3)4)16-8-6-5-7-9-16/h5-13,20H,1-4H3,(H,24,26)/t20-/m1/s1. The maximum absolute atomic E-state index is 13.0. The van der Waals surface area contributed by atoms with Crippen molar-refractivity contribution >= 4 is 22.7 Å². The van der Waals surface area contributed by atoms with Crippen molar-refractivity contribution in [2.24, 2.45) is 0 Å². The van der Waals surface area contributed by atoms with E-state index in [0.717, 1.165) is 22.0 Å². The Hall–Kier alpha value is -3.21. The van der Waals surface area contributed by atoms with Crippen LogP contribution in [0, 0.1) is 13.8 Å². The van der Waals surface area contributed by atoms with Crippen LogP contribution in [0.3, 0.4) is 0 Å². The summed E-state index contributed by atoms with van der Waals surface area (Å²) < 4.78 is 0. The first kappa shape index (κ1) is 18.6. The van der Waals surface area contributed by atoms with Crippen LogP contribution in [-0.2, 0) is 4.79 Å². The van der Waals surface area contributed by atoms with Crippen LogP contribution in [0.4, 0.5) is 0 Å². The lowest BCUT2D eigenvalue weighted by atomic mass is 10.0. The molecular weight excluding hydrogens is 338 g/mol. The summed E-state index contributed by atoms with van der Waals surface area (Å²) in [6.07, 6.45) is 0. The largest absolute Gasteiger partial charge is 0.347 e. The van der Waals surface area contributed by atoms with Gasteiger partial charge in [-0.15, -0.1) is 0 Å². The molecule has 0 saturated carbocycles. The Bertz CT molecular complexity index is 997. The van der Waals surface area contributed by atoms with E-state index in [9.17, 15) is 9.59 Å². The SMILES string of the molecule is Cc1ccc2cc(C(=O)N[C@@H](C(=O)N(C)C)c3ccccc3)c(C)nc2c1. The average molecular weight is 361 g/mol. The number of rotatable bonds is 4. The number of carbonyl (C=O) groups is 2. The summed E-state index contributed by atoms with van der Waals surface area (Å²) in [5, 5.41) is 3.77. The Morgan fingerprint density at radius 2 is 1.70 bits per heavy atom. The van der Waals surface area contributed by atoms with E-state index in [1.807, 2.05) is 68.4 Å². The number of likely N-dealkylation sites (N-methyl/N-ethyl adjacent to an activating group) is 1. The van der Waals surface area contributed by atoms with Gasteiger partial charge >= 0.3 is 0 Å². The quantitative estimate of drug-likeness (QED) is 0.775. The average Bonchev–Trinajstić information content (AvgIpc) is 2.65. The molecule has 0 bridgehead atoms. The molecule has 0 aliphatic rings. The van der Waals surface area contributed by atoms with Gasteiger partial charge in [-0.3, -0.25) is 14.6 Å². The third kappa shape index (κ3) is 3.97. The number of aryl methyl sites for hydroxylation is 2. The van der Waals surface area contributed by atoms with Crippen molar-refractivity contribution in [1.82, 2.24) is 15.2 Å². The number of benzene rings is 2. The number of hydrogen-bond donors (Lipinski definition) is 1. The summed E-state index contributed by atoms with van der Waals surface area (Å²) in [7, 11) is 3.35. The van der Waals surface area contributed by atoms with Crippen LogP contribution in [-0.4, -0.2) is 35.8 Å². The minimum Gasteiger partial charge on any atom is -0.347 e. The van der Waals surface area contributed by atoms with E-state index in [1.165, 1.54) is 4.90 Å². The molecule has 1 heterocycles. The van der Waals surface area contributed by atoms with Gasteiger partial charge < -0.3 is 10.2 Å². The van der Waals surface area contributed by atoms with Gasteiger partial charge in [-0.05, 0) is 37.1 Å². The minimum atomic E-state index is -0.748. The number of amides is 2. The fourth-order valence-electron chi connectivity index (χ4n) is 3.00. The van der Waals surface area contributed by atoms with Crippen LogP contribution in [0.5, 0.6) is 0 Å². The fourth-order valence-corrected chi connectivity index (χ4v) is 3.00. The second kappa shape index (κ2) is 7.58. The molecule has 0 saturated heterocycles. The van der Waals surface area contributed by atoms with E-state index >= 15 is 0 Å². The fraction of sp³-hybridized carbons (Fsp3) is 0.227. The molecule has 1 N–H and O–H groups in total. The summed E-state index contributed by atoms with van der Waals surface area (Å²) in [5.74, 6) is -0.497. The second-order valence-corrected chi connectivity index (χ2v) is 6.87. The zero-order valence-corrected chi connectivity index (χ0v) is 16.0. The van der Waals surface area contributed by atoms with Crippen molar-refractivity contribution in [2.75, 3.05) is 14.1 Å². The van der Waals surface area contributed by atoms with Gasteiger partial charge in [0.05, 0.1) is 16.8 Å². The summed E-state index contributed by atoms with van der Waals surface area (Å²) in [6.45, 7) is 3.82. The first-order chi connectivity index (χ1) is 12.9. The van der Waals surface area contributed by atoms with Gasteiger partial charge in [-0.1, -0.05) is 42.5 Å². The number of aromatic nitrogens is 1. The van der Waals surface area contributed by atoms with Gasteiger partial charge in [0.15, 0.2) is 0 Å². The molecule has 1 atom stereocenters. The van der Waals surface area contributed by atoms with Gasteiger partial charge in [-0.2, -0.15) is 0 Å². The van der Waals surface area contributed by atoms with Gasteiger partial charge in [0.25, 0.3) is 5.91 Å². The Morgan fingerprint density at radius 3 is 2.37 bits per heavy atom. The van der Waals surface area contributed by atoms with E-state index in [2.05, 4.69) is 10.3 Å². The first-order valence-electron chi connectivity index (χ1n) is 8.82. The molecule has 0 aliphatic carbocycles. The Labute approximate surface area is 159 Å². The number of hydrogen-bond acceptors (Lipinski definition) is 3. The van der Waals surface area contributed by atoms with Crippen molar-refractivity contribution < 1.29 is 9.59 Å². The minimum absolute atomic E-state index is 0.184. The van der Waals surface area contributed by atoms with Gasteiger partial charge in [0.1, 0.15) is 6.04 Å². The highest BCUT2D eigenvalue weighted by molar-refractivity contribution is 6.01. The molecule has 27 heavy (non-hydrogen) atoms. The molecule has 2 aromatic carbocycles. The molecule has 0 unspecified atom stereocenters. The first-order valence-corrected chi connectivity index (χ1v) is 8.82. The Morgan fingerprint density at radius 1 is 1.00 bits per heavy atom. The Kier molecular flexibility index (Phi) is 5.21. The molecule has 2 amide bonds. The van der Waals surface area contributed by atoms with Crippen LogP contribution >= 0.6 is 0 Å². The van der Waals surface area contributed by atoms with Crippen molar-refractivity contribution in [3.8, 4) is 0 Å². The predicted molar refractivity (Wildman–Crippen MR) is 107 cm³/mol. The van der Waals surface area contributed by atoms with E-state index in [1.54, 1.807) is 14.1 Å². The Balaban J connectivity index is 1.96. The highest BCUT2D eigenvalue weighted by atomic mass is 16.2. The molecule has 3 aromatic rings. The smallest absolute Gasteiger partial charge is 0.254 e. The summed E-state index contributed by atoms with van der Waals surface area (Å²) in [4.78, 5) is 31.6. The van der Waals surface area contributed by atoms with Crippen LogP contribution < -0.4 is 5.32 Å². The van der Waals surface area contributed by atoms with Gasteiger partial charge in [-0.25, -0.2) is 0 Å². The second-order valence-electron chi connectivity index (χ2n) is 6.87. The maximum atomic E-state index is 13.0. The van der Waals surface area contributed by atoms with Gasteiger partial charge in [0, 0.05) is 19.5 Å². The van der Waals surface area contributed by atoms with Crippen molar-refractivity contribution in [2.45, 2.75) is 19.9 Å². The molecule has 3 rings (SSSR count). The number of pyridine rings is 1. The van der Waals surface area contributed by atoms with Crippen LogP contribution in [0.1, 0.15) is 33.2 Å². The molecule has 5 nitrogen and oxygen atoms in total. The maximum Gasteiger partial charge on any atom is 0.254 e. The monoisotopic (exact) mass is 361 g/mol. The molecule has 0 radical (unpaired) electrons. The van der Waals surface area contributed by atoms with Crippen molar-refractivity contribution in [3.63, 3.8) is 0 Å². The number of fused-ring (bicyclic) bond motifs is 1. The van der Waals surface area contributed by atoms with Crippen LogP contribution in [0.2, 0.25) is 0 Å². The van der Waals surface area contributed by atoms with Gasteiger partial charge in [0.2, 0.25) is 5.91 Å². The molecule has 0 aliphatic heterocycles. The molecule has 0 fully saturated rings. The normalized spacial score (nSPS) is 11.9. The third-order valence-electron chi connectivity index (χ3n) is 4.50.